The molecule has 4 heterocycles. The van der Waals surface area contributed by atoms with Gasteiger partial charge in [-0.15, -0.1) is 0 Å². The van der Waals surface area contributed by atoms with E-state index in [4.69, 9.17) is 9.47 Å². The highest BCUT2D eigenvalue weighted by Gasteiger charge is 2.33. The maximum atomic E-state index is 13.5. The van der Waals surface area contributed by atoms with Gasteiger partial charge in [-0.05, 0) is 72.0 Å². The van der Waals surface area contributed by atoms with Crippen molar-refractivity contribution in [2.24, 2.45) is 0 Å². The van der Waals surface area contributed by atoms with Crippen molar-refractivity contribution in [1.82, 2.24) is 20.2 Å². The molecule has 8 bridgehead atoms. The Balaban J connectivity index is 1.43. The first-order valence-corrected chi connectivity index (χ1v) is 12.5. The molecule has 1 atom stereocenters. The molecule has 3 N–H and O–H groups in total. The number of aromatic hydroxyl groups is 1. The molecule has 38 heavy (non-hydrogen) atoms. The first-order valence-electron chi connectivity index (χ1n) is 12.5. The number of phenolic OH excluding ortho intramolecular Hbond substituents is 1. The summed E-state index contributed by atoms with van der Waals surface area (Å²) in [5.41, 5.74) is 3.57. The Hall–Kier alpha value is -4.79. The van der Waals surface area contributed by atoms with Crippen molar-refractivity contribution in [3.05, 3.63) is 101 Å². The first kappa shape index (κ1) is 23.6. The molecule has 4 aromatic rings. The summed E-state index contributed by atoms with van der Waals surface area (Å²) in [7, 11) is 0. The van der Waals surface area contributed by atoms with Crippen LogP contribution in [-0.2, 0) is 6.42 Å². The molecule has 7 rings (SSSR count). The van der Waals surface area contributed by atoms with Gasteiger partial charge in [0.1, 0.15) is 28.7 Å². The molecule has 0 spiro atoms. The third kappa shape index (κ3) is 4.54. The second-order valence-corrected chi connectivity index (χ2v) is 9.29. The van der Waals surface area contributed by atoms with E-state index in [9.17, 15) is 14.7 Å². The molecular weight excluding hydrogens is 484 g/mol. The normalized spacial score (nSPS) is 17.0. The predicted molar refractivity (Wildman–Crippen MR) is 139 cm³/mol. The zero-order chi connectivity index (χ0) is 26.1. The monoisotopic (exact) mass is 510 g/mol. The van der Waals surface area contributed by atoms with Crippen LogP contribution in [0.5, 0.6) is 23.0 Å². The summed E-state index contributed by atoms with van der Waals surface area (Å²) in [5.74, 6) is 1.10. The standard InChI is InChI=1S/C29H26N4O5/c34-26-8-6-22-15-24(26)28(35)31-10-2-12-37-20-4-1-3-19(14-20)27-23-7-5-21(38-22)13-18(23)9-11-33(27)29(36)25-16-30-17-32-25/h1,3-8,13-17,27,34H,2,9-12H2,(H,30,32)(H,31,35). The van der Waals surface area contributed by atoms with Gasteiger partial charge in [-0.2, -0.15) is 0 Å². The van der Waals surface area contributed by atoms with Crippen molar-refractivity contribution in [3.8, 4) is 23.0 Å². The third-order valence-corrected chi connectivity index (χ3v) is 6.83. The molecule has 0 radical (unpaired) electrons. The highest BCUT2D eigenvalue weighted by Crippen LogP contribution is 2.39. The van der Waals surface area contributed by atoms with Crippen molar-refractivity contribution in [3.63, 3.8) is 0 Å². The maximum absolute atomic E-state index is 13.5. The number of phenols is 1. The second-order valence-electron chi connectivity index (χ2n) is 9.29. The van der Waals surface area contributed by atoms with Crippen molar-refractivity contribution in [2.75, 3.05) is 19.7 Å². The minimum atomic E-state index is -0.383. The minimum Gasteiger partial charge on any atom is -0.507 e. The van der Waals surface area contributed by atoms with Crippen LogP contribution in [0.25, 0.3) is 0 Å². The zero-order valence-corrected chi connectivity index (χ0v) is 20.5. The van der Waals surface area contributed by atoms with Gasteiger partial charge >= 0.3 is 0 Å². The summed E-state index contributed by atoms with van der Waals surface area (Å²) in [6, 6.07) is 17.8. The SMILES string of the molecule is O=C1NCCCOc2cccc(c2)C2c3ccc(cc3CCN2C(=O)c2cnc[nH]2)Oc2ccc(O)c1c2. The van der Waals surface area contributed by atoms with Crippen LogP contribution in [0.4, 0.5) is 0 Å². The van der Waals surface area contributed by atoms with Gasteiger partial charge in [0.2, 0.25) is 0 Å². The van der Waals surface area contributed by atoms with E-state index >= 15 is 0 Å². The smallest absolute Gasteiger partial charge is 0.272 e. The molecule has 3 aliphatic rings. The van der Waals surface area contributed by atoms with E-state index in [0.717, 1.165) is 16.7 Å². The average Bonchev–Trinajstić information content (AvgIpc) is 3.48. The fraction of sp³-hybridized carbons (Fsp3) is 0.207. The van der Waals surface area contributed by atoms with Gasteiger partial charge in [0.15, 0.2) is 0 Å². The van der Waals surface area contributed by atoms with Crippen LogP contribution < -0.4 is 14.8 Å². The lowest BCUT2D eigenvalue weighted by Crippen LogP contribution is -2.40. The van der Waals surface area contributed by atoms with Crippen molar-refractivity contribution in [1.29, 1.82) is 0 Å². The number of carbonyl (C=O) groups is 2. The third-order valence-electron chi connectivity index (χ3n) is 6.83. The van der Waals surface area contributed by atoms with Crippen LogP contribution in [0.15, 0.2) is 73.2 Å². The van der Waals surface area contributed by atoms with Gasteiger partial charge in [-0.3, -0.25) is 9.59 Å². The van der Waals surface area contributed by atoms with E-state index < -0.39 is 0 Å². The van der Waals surface area contributed by atoms with Gasteiger partial charge in [0.25, 0.3) is 11.8 Å². The fourth-order valence-corrected chi connectivity index (χ4v) is 5.00. The lowest BCUT2D eigenvalue weighted by atomic mass is 9.87. The molecule has 3 aliphatic heterocycles. The maximum Gasteiger partial charge on any atom is 0.272 e. The molecule has 0 aliphatic carbocycles. The Labute approximate surface area is 219 Å². The van der Waals surface area contributed by atoms with E-state index in [-0.39, 0.29) is 29.2 Å². The predicted octanol–water partition coefficient (Wildman–Crippen LogP) is 4.21. The summed E-state index contributed by atoms with van der Waals surface area (Å²) in [5, 5.41) is 13.1. The van der Waals surface area contributed by atoms with E-state index in [1.807, 2.05) is 47.4 Å². The summed E-state index contributed by atoms with van der Waals surface area (Å²) in [6.07, 6.45) is 4.26. The molecule has 192 valence electrons. The Morgan fingerprint density at radius 3 is 2.79 bits per heavy atom. The number of fused-ring (bicyclic) bond motifs is 6. The number of rotatable bonds is 1. The number of amides is 2. The molecule has 9 heteroatoms. The second kappa shape index (κ2) is 9.93. The molecule has 2 amide bonds. The Morgan fingerprint density at radius 1 is 1.05 bits per heavy atom. The van der Waals surface area contributed by atoms with E-state index in [0.29, 0.717) is 55.5 Å². The lowest BCUT2D eigenvalue weighted by Gasteiger charge is -2.37. The number of nitrogens with one attached hydrogen (secondary N) is 2. The van der Waals surface area contributed by atoms with Crippen LogP contribution in [0.1, 0.15) is 50.0 Å². The molecule has 0 saturated carbocycles. The number of carbonyl (C=O) groups excluding carboxylic acids is 2. The number of aromatic amines is 1. The van der Waals surface area contributed by atoms with Gasteiger partial charge in [-0.1, -0.05) is 18.2 Å². The highest BCUT2D eigenvalue weighted by atomic mass is 16.5. The number of benzene rings is 3. The first-order chi connectivity index (χ1) is 18.6. The molecule has 9 nitrogen and oxygen atoms in total. The fourth-order valence-electron chi connectivity index (χ4n) is 5.00. The van der Waals surface area contributed by atoms with E-state index in [1.165, 1.54) is 18.5 Å². The summed E-state index contributed by atoms with van der Waals surface area (Å²) >= 11 is 0. The van der Waals surface area contributed by atoms with Gasteiger partial charge in [0, 0.05) is 13.1 Å². The Morgan fingerprint density at radius 2 is 1.92 bits per heavy atom. The topological polar surface area (TPSA) is 117 Å². The van der Waals surface area contributed by atoms with Crippen LogP contribution >= 0.6 is 0 Å². The van der Waals surface area contributed by atoms with Crippen LogP contribution in [0.3, 0.4) is 0 Å². The van der Waals surface area contributed by atoms with Crippen molar-refractivity contribution >= 4 is 11.8 Å². The molecule has 3 aromatic carbocycles. The van der Waals surface area contributed by atoms with Crippen molar-refractivity contribution < 1.29 is 24.2 Å². The Bertz CT molecular complexity index is 1500. The summed E-state index contributed by atoms with van der Waals surface area (Å²) in [6.45, 7) is 1.27. The number of nitrogens with zero attached hydrogens (tertiary/aromatic N) is 2. The largest absolute Gasteiger partial charge is 0.507 e. The molecule has 0 saturated heterocycles. The van der Waals surface area contributed by atoms with Crippen LogP contribution in [0.2, 0.25) is 0 Å². The highest BCUT2D eigenvalue weighted by molar-refractivity contribution is 5.97. The average molecular weight is 511 g/mol. The number of imidazole rings is 1. The van der Waals surface area contributed by atoms with E-state index in [2.05, 4.69) is 15.3 Å². The van der Waals surface area contributed by atoms with Crippen molar-refractivity contribution in [2.45, 2.75) is 18.9 Å². The molecule has 0 fully saturated rings. The quantitative estimate of drug-likeness (QED) is 0.353. The number of hydrogen-bond donors (Lipinski definition) is 3. The number of H-pyrrole nitrogens is 1. The number of hydrogen-bond acceptors (Lipinski definition) is 6. The summed E-state index contributed by atoms with van der Waals surface area (Å²) < 4.78 is 12.1. The van der Waals surface area contributed by atoms with Gasteiger partial charge in [0.05, 0.1) is 30.7 Å². The van der Waals surface area contributed by atoms with E-state index in [1.54, 1.807) is 12.3 Å². The van der Waals surface area contributed by atoms with Gasteiger partial charge in [-0.25, -0.2) is 4.98 Å². The molecule has 1 aromatic heterocycles. The van der Waals surface area contributed by atoms with Gasteiger partial charge < -0.3 is 29.8 Å². The minimum absolute atomic E-state index is 0.118. The van der Waals surface area contributed by atoms with Crippen LogP contribution in [-0.4, -0.2) is 51.5 Å². The molecule has 1 unspecified atom stereocenters. The van der Waals surface area contributed by atoms with Crippen LogP contribution in [0, 0.1) is 0 Å². The lowest BCUT2D eigenvalue weighted by molar-refractivity contribution is 0.0688. The molecular formula is C29H26N4O5. The number of ether oxygens (including phenoxy) is 2. The Kier molecular flexibility index (Phi) is 6.17. The zero-order valence-electron chi connectivity index (χ0n) is 20.5. The number of aromatic nitrogens is 2. The summed E-state index contributed by atoms with van der Waals surface area (Å²) in [4.78, 5) is 35.0.